The van der Waals surface area contributed by atoms with Gasteiger partial charge >= 0.3 is 6.09 Å². The zero-order valence-electron chi connectivity index (χ0n) is 16.7. The molecule has 2 amide bonds. The number of likely N-dealkylation sites (tertiary alicyclic amines) is 1. The average molecular weight is 360 g/mol. The number of nitrogens with zero attached hydrogens (tertiary/aromatic N) is 2. The summed E-state index contributed by atoms with van der Waals surface area (Å²) in [7, 11) is 1.86. The number of carbonyl (C=O) groups excluding carboxylic acids is 2. The van der Waals surface area contributed by atoms with Crippen LogP contribution in [0.5, 0.6) is 0 Å². The molecule has 1 fully saturated rings. The van der Waals surface area contributed by atoms with Crippen molar-refractivity contribution in [1.82, 2.24) is 9.80 Å². The van der Waals surface area contributed by atoms with Gasteiger partial charge in [-0.05, 0) is 38.2 Å². The Labute approximate surface area is 157 Å². The van der Waals surface area contributed by atoms with Crippen LogP contribution >= 0.6 is 0 Å². The molecule has 1 aromatic rings. The summed E-state index contributed by atoms with van der Waals surface area (Å²) in [6.45, 7) is 9.81. The van der Waals surface area contributed by atoms with Crippen LogP contribution in [0.15, 0.2) is 30.3 Å². The van der Waals surface area contributed by atoms with E-state index in [1.165, 1.54) is 0 Å². The molecule has 1 aromatic carbocycles. The summed E-state index contributed by atoms with van der Waals surface area (Å²) in [5, 5.41) is 0. The van der Waals surface area contributed by atoms with E-state index in [-0.39, 0.29) is 17.9 Å². The van der Waals surface area contributed by atoms with E-state index in [2.05, 4.69) is 6.92 Å². The van der Waals surface area contributed by atoms with E-state index in [1.54, 1.807) is 9.80 Å². The molecule has 0 bridgehead atoms. The quantitative estimate of drug-likeness (QED) is 0.806. The smallest absolute Gasteiger partial charge is 0.410 e. The van der Waals surface area contributed by atoms with Crippen molar-refractivity contribution in [3.8, 4) is 0 Å². The summed E-state index contributed by atoms with van der Waals surface area (Å²) in [6, 6.07) is 9.80. The van der Waals surface area contributed by atoms with Gasteiger partial charge in [-0.25, -0.2) is 4.79 Å². The monoisotopic (exact) mass is 360 g/mol. The van der Waals surface area contributed by atoms with Crippen LogP contribution in [-0.4, -0.2) is 54.1 Å². The van der Waals surface area contributed by atoms with Crippen molar-refractivity contribution in [2.45, 2.75) is 46.1 Å². The van der Waals surface area contributed by atoms with E-state index in [1.807, 2.05) is 58.2 Å². The molecule has 0 aliphatic carbocycles. The van der Waals surface area contributed by atoms with Crippen LogP contribution < -0.4 is 0 Å². The van der Waals surface area contributed by atoms with Gasteiger partial charge in [0.05, 0.1) is 6.42 Å². The molecular weight excluding hydrogens is 328 g/mol. The molecule has 0 N–H and O–H groups in total. The summed E-state index contributed by atoms with van der Waals surface area (Å²) >= 11 is 0. The third-order valence-corrected chi connectivity index (χ3v) is 4.88. The SMILES string of the molecule is CC[C@@H]1CN(C(=O)OC(C)(C)C)C[C@H]1CN(C)C(=O)Cc1ccccc1. The molecule has 26 heavy (non-hydrogen) atoms. The van der Waals surface area contributed by atoms with Crippen LogP contribution in [0.2, 0.25) is 0 Å². The number of ether oxygens (including phenoxy) is 1. The number of likely N-dealkylation sites (N-methyl/N-ethyl adjacent to an activating group) is 1. The van der Waals surface area contributed by atoms with Gasteiger partial charge in [-0.2, -0.15) is 0 Å². The Bertz CT molecular complexity index is 609. The first kappa shape index (κ1) is 20.3. The Morgan fingerprint density at radius 2 is 1.77 bits per heavy atom. The summed E-state index contributed by atoms with van der Waals surface area (Å²) < 4.78 is 5.50. The molecule has 1 heterocycles. The van der Waals surface area contributed by atoms with Gasteiger partial charge in [0, 0.05) is 26.7 Å². The van der Waals surface area contributed by atoms with Gasteiger partial charge in [0.15, 0.2) is 0 Å². The van der Waals surface area contributed by atoms with Crippen molar-refractivity contribution in [2.24, 2.45) is 11.8 Å². The molecule has 0 aromatic heterocycles. The normalized spacial score (nSPS) is 20.1. The lowest BCUT2D eigenvalue weighted by Crippen LogP contribution is -2.37. The molecule has 0 spiro atoms. The van der Waals surface area contributed by atoms with Gasteiger partial charge < -0.3 is 14.5 Å². The number of hydrogen-bond acceptors (Lipinski definition) is 3. The number of carbonyl (C=O) groups is 2. The van der Waals surface area contributed by atoms with Crippen molar-refractivity contribution >= 4 is 12.0 Å². The molecule has 0 unspecified atom stereocenters. The van der Waals surface area contributed by atoms with E-state index >= 15 is 0 Å². The van der Waals surface area contributed by atoms with Crippen LogP contribution in [0.25, 0.3) is 0 Å². The minimum Gasteiger partial charge on any atom is -0.444 e. The van der Waals surface area contributed by atoms with Crippen LogP contribution in [0.4, 0.5) is 4.79 Å². The Balaban J connectivity index is 1.92. The predicted octanol–water partition coefficient (Wildman–Crippen LogP) is 3.58. The third-order valence-electron chi connectivity index (χ3n) is 4.88. The van der Waals surface area contributed by atoms with Crippen LogP contribution in [0, 0.1) is 11.8 Å². The van der Waals surface area contributed by atoms with Gasteiger partial charge in [-0.15, -0.1) is 0 Å². The largest absolute Gasteiger partial charge is 0.444 e. The number of hydrogen-bond donors (Lipinski definition) is 0. The molecular formula is C21H32N2O3. The first-order chi connectivity index (χ1) is 12.2. The van der Waals surface area contributed by atoms with Crippen LogP contribution in [0.1, 0.15) is 39.7 Å². The van der Waals surface area contributed by atoms with Crippen molar-refractivity contribution in [1.29, 1.82) is 0 Å². The van der Waals surface area contributed by atoms with E-state index in [4.69, 9.17) is 4.74 Å². The van der Waals surface area contributed by atoms with Crippen LogP contribution in [0.3, 0.4) is 0 Å². The Morgan fingerprint density at radius 3 is 2.35 bits per heavy atom. The maximum absolute atomic E-state index is 12.5. The van der Waals surface area contributed by atoms with E-state index in [0.717, 1.165) is 12.0 Å². The van der Waals surface area contributed by atoms with Crippen molar-refractivity contribution < 1.29 is 14.3 Å². The summed E-state index contributed by atoms with van der Waals surface area (Å²) in [5.41, 5.74) is 0.539. The zero-order valence-corrected chi connectivity index (χ0v) is 16.7. The first-order valence-corrected chi connectivity index (χ1v) is 9.45. The molecule has 5 nitrogen and oxygen atoms in total. The van der Waals surface area contributed by atoms with Gasteiger partial charge in [-0.3, -0.25) is 4.79 Å². The minimum absolute atomic E-state index is 0.113. The number of amides is 2. The topological polar surface area (TPSA) is 49.9 Å². The highest BCUT2D eigenvalue weighted by molar-refractivity contribution is 5.78. The fourth-order valence-corrected chi connectivity index (χ4v) is 3.44. The van der Waals surface area contributed by atoms with Gasteiger partial charge in [-0.1, -0.05) is 43.7 Å². The molecule has 2 atom stereocenters. The lowest BCUT2D eigenvalue weighted by atomic mass is 9.93. The number of rotatable bonds is 5. The molecule has 1 aliphatic rings. The molecule has 0 saturated carbocycles. The molecule has 144 valence electrons. The maximum Gasteiger partial charge on any atom is 0.410 e. The molecule has 1 saturated heterocycles. The second kappa shape index (κ2) is 8.56. The lowest BCUT2D eigenvalue weighted by Gasteiger charge is -2.25. The Hall–Kier alpha value is -2.04. The van der Waals surface area contributed by atoms with Gasteiger partial charge in [0.2, 0.25) is 5.91 Å². The predicted molar refractivity (Wildman–Crippen MR) is 103 cm³/mol. The molecule has 1 aliphatic heterocycles. The minimum atomic E-state index is -0.487. The molecule has 0 radical (unpaired) electrons. The fourth-order valence-electron chi connectivity index (χ4n) is 3.44. The third kappa shape index (κ3) is 5.75. The summed E-state index contributed by atoms with van der Waals surface area (Å²) in [5.74, 6) is 0.800. The first-order valence-electron chi connectivity index (χ1n) is 9.45. The van der Waals surface area contributed by atoms with Crippen LogP contribution in [-0.2, 0) is 16.0 Å². The highest BCUT2D eigenvalue weighted by Crippen LogP contribution is 2.28. The van der Waals surface area contributed by atoms with Gasteiger partial charge in [0.1, 0.15) is 5.60 Å². The standard InChI is InChI=1S/C21H32N2O3/c1-6-17-14-23(20(25)26-21(2,3)4)15-18(17)13-22(5)19(24)12-16-10-8-7-9-11-16/h7-11,17-18H,6,12-15H2,1-5H3/t17-,18-/m1/s1. The zero-order chi connectivity index (χ0) is 19.3. The van der Waals surface area contributed by atoms with Gasteiger partial charge in [0.25, 0.3) is 0 Å². The Morgan fingerprint density at radius 1 is 1.15 bits per heavy atom. The van der Waals surface area contributed by atoms with E-state index in [0.29, 0.717) is 32.0 Å². The van der Waals surface area contributed by atoms with Crippen molar-refractivity contribution in [2.75, 3.05) is 26.7 Å². The highest BCUT2D eigenvalue weighted by atomic mass is 16.6. The maximum atomic E-state index is 12.5. The molecule has 2 rings (SSSR count). The fraction of sp³-hybridized carbons (Fsp3) is 0.619. The second-order valence-electron chi connectivity index (χ2n) is 8.25. The Kier molecular flexibility index (Phi) is 6.68. The second-order valence-corrected chi connectivity index (χ2v) is 8.25. The van der Waals surface area contributed by atoms with Crippen molar-refractivity contribution in [3.63, 3.8) is 0 Å². The summed E-state index contributed by atoms with van der Waals surface area (Å²) in [4.78, 5) is 28.5. The average Bonchev–Trinajstić information content (AvgIpc) is 2.97. The highest BCUT2D eigenvalue weighted by Gasteiger charge is 2.37. The van der Waals surface area contributed by atoms with Crippen molar-refractivity contribution in [3.05, 3.63) is 35.9 Å². The number of benzene rings is 1. The van der Waals surface area contributed by atoms with E-state index < -0.39 is 5.60 Å². The molecule has 5 heteroatoms. The van der Waals surface area contributed by atoms with E-state index in [9.17, 15) is 9.59 Å². The summed E-state index contributed by atoms with van der Waals surface area (Å²) in [6.07, 6.45) is 1.15. The lowest BCUT2D eigenvalue weighted by molar-refractivity contribution is -0.129.